The van der Waals surface area contributed by atoms with Crippen LogP contribution in [0, 0.1) is 0 Å². The van der Waals surface area contributed by atoms with Gasteiger partial charge in [-0.2, -0.15) is 0 Å². The highest BCUT2D eigenvalue weighted by molar-refractivity contribution is 6.62. The minimum absolute atomic E-state index is 0.861. The average Bonchev–Trinajstić information content (AvgIpc) is 2.31. The van der Waals surface area contributed by atoms with E-state index < -0.39 is 5.37 Å². The summed E-state index contributed by atoms with van der Waals surface area (Å²) >= 11 is 4.41. The van der Waals surface area contributed by atoms with Gasteiger partial charge in [0.25, 0.3) is 0 Å². The van der Waals surface area contributed by atoms with Crippen molar-refractivity contribution in [1.82, 2.24) is 0 Å². The van der Waals surface area contributed by atoms with Crippen molar-refractivity contribution in [2.75, 3.05) is 5.32 Å². The SMILES string of the molecule is NC(=O)Cl.c1ccc(Nc2ccccc2)cc1. The number of rotatable bonds is 2. The van der Waals surface area contributed by atoms with E-state index >= 15 is 0 Å². The molecule has 0 saturated heterocycles. The van der Waals surface area contributed by atoms with Crippen LogP contribution in [0.1, 0.15) is 0 Å². The molecule has 88 valence electrons. The summed E-state index contributed by atoms with van der Waals surface area (Å²) in [5.41, 5.74) is 6.48. The maximum Gasteiger partial charge on any atom is 0.311 e. The summed E-state index contributed by atoms with van der Waals surface area (Å²) in [6.45, 7) is 0. The predicted molar refractivity (Wildman–Crippen MR) is 71.6 cm³/mol. The first-order valence-electron chi connectivity index (χ1n) is 5.00. The molecule has 0 fully saturated rings. The van der Waals surface area contributed by atoms with Gasteiger partial charge in [-0.05, 0) is 35.9 Å². The first kappa shape index (κ1) is 13.1. The van der Waals surface area contributed by atoms with Crippen LogP contribution in [0.3, 0.4) is 0 Å². The third-order valence-corrected chi connectivity index (χ3v) is 1.84. The Balaban J connectivity index is 0.000000317. The molecule has 2 aromatic carbocycles. The van der Waals surface area contributed by atoms with E-state index in [9.17, 15) is 0 Å². The lowest BCUT2D eigenvalue weighted by atomic mass is 10.3. The number of para-hydroxylation sites is 2. The van der Waals surface area contributed by atoms with Crippen molar-refractivity contribution in [2.45, 2.75) is 0 Å². The van der Waals surface area contributed by atoms with Gasteiger partial charge in [0.1, 0.15) is 0 Å². The van der Waals surface area contributed by atoms with Crippen LogP contribution in [-0.4, -0.2) is 5.37 Å². The van der Waals surface area contributed by atoms with Gasteiger partial charge in [0.15, 0.2) is 0 Å². The quantitative estimate of drug-likeness (QED) is 0.628. The number of carbonyl (C=O) groups is 1. The Hall–Kier alpha value is -2.00. The van der Waals surface area contributed by atoms with E-state index in [1.807, 2.05) is 60.7 Å². The number of nitrogens with one attached hydrogen (secondary N) is 1. The zero-order valence-corrected chi connectivity index (χ0v) is 9.89. The molecule has 3 nitrogen and oxygen atoms in total. The molecule has 2 aromatic rings. The fourth-order valence-corrected chi connectivity index (χ4v) is 1.21. The molecule has 0 bridgehead atoms. The Morgan fingerprint density at radius 2 is 1.18 bits per heavy atom. The summed E-state index contributed by atoms with van der Waals surface area (Å²) in [6, 6.07) is 20.3. The van der Waals surface area contributed by atoms with Crippen LogP contribution in [-0.2, 0) is 0 Å². The molecule has 0 saturated carbocycles. The average molecular weight is 249 g/mol. The highest BCUT2D eigenvalue weighted by Gasteiger charge is 1.89. The molecule has 0 spiro atoms. The lowest BCUT2D eigenvalue weighted by Crippen LogP contribution is -1.94. The number of carbonyl (C=O) groups excluding carboxylic acids is 1. The largest absolute Gasteiger partial charge is 0.356 e. The summed E-state index contributed by atoms with van der Waals surface area (Å²) in [6.07, 6.45) is 0. The van der Waals surface area contributed by atoms with Gasteiger partial charge in [0.2, 0.25) is 0 Å². The van der Waals surface area contributed by atoms with Gasteiger partial charge in [-0.3, -0.25) is 4.79 Å². The van der Waals surface area contributed by atoms with Gasteiger partial charge < -0.3 is 11.1 Å². The molecule has 4 heteroatoms. The van der Waals surface area contributed by atoms with Crippen molar-refractivity contribution in [2.24, 2.45) is 5.73 Å². The van der Waals surface area contributed by atoms with Gasteiger partial charge in [-0.1, -0.05) is 36.4 Å². The van der Waals surface area contributed by atoms with Crippen molar-refractivity contribution < 1.29 is 4.79 Å². The van der Waals surface area contributed by atoms with Crippen molar-refractivity contribution >= 4 is 28.3 Å². The van der Waals surface area contributed by atoms with E-state index in [1.165, 1.54) is 0 Å². The first-order valence-corrected chi connectivity index (χ1v) is 5.38. The van der Waals surface area contributed by atoms with Gasteiger partial charge in [0, 0.05) is 11.4 Å². The Bertz CT molecular complexity index is 404. The third kappa shape index (κ3) is 6.22. The molecule has 17 heavy (non-hydrogen) atoms. The number of benzene rings is 2. The lowest BCUT2D eigenvalue weighted by molar-refractivity contribution is 0.266. The third-order valence-electron chi connectivity index (χ3n) is 1.84. The number of halogens is 1. The number of anilines is 2. The van der Waals surface area contributed by atoms with Crippen molar-refractivity contribution in [3.05, 3.63) is 60.7 Å². The molecule has 0 atom stereocenters. The van der Waals surface area contributed by atoms with E-state index in [2.05, 4.69) is 22.7 Å². The second kappa shape index (κ2) is 7.30. The lowest BCUT2D eigenvalue weighted by Gasteiger charge is -2.04. The van der Waals surface area contributed by atoms with Gasteiger partial charge in [-0.25, -0.2) is 0 Å². The fourth-order valence-electron chi connectivity index (χ4n) is 1.21. The van der Waals surface area contributed by atoms with Gasteiger partial charge >= 0.3 is 5.37 Å². The molecule has 3 N–H and O–H groups in total. The standard InChI is InChI=1S/C12H11N.CH2ClNO/c1-3-7-11(8-4-1)13-12-9-5-2-6-10-12;2-1(3)4/h1-10,13H;(H2,3,4). The number of primary amides is 1. The van der Waals surface area contributed by atoms with Crippen molar-refractivity contribution in [3.63, 3.8) is 0 Å². The maximum atomic E-state index is 8.99. The van der Waals surface area contributed by atoms with Crippen LogP contribution in [0.5, 0.6) is 0 Å². The molecule has 0 unspecified atom stereocenters. The summed E-state index contributed by atoms with van der Waals surface area (Å²) in [5.74, 6) is 0. The van der Waals surface area contributed by atoms with Crippen LogP contribution >= 0.6 is 11.6 Å². The van der Waals surface area contributed by atoms with Gasteiger partial charge in [-0.15, -0.1) is 0 Å². The molecule has 1 amide bonds. The maximum absolute atomic E-state index is 8.99. The second-order valence-corrected chi connectivity index (χ2v) is 3.53. The zero-order chi connectivity index (χ0) is 12.5. The van der Waals surface area contributed by atoms with Crippen molar-refractivity contribution in [1.29, 1.82) is 0 Å². The van der Waals surface area contributed by atoms with E-state index in [4.69, 9.17) is 4.79 Å². The minimum Gasteiger partial charge on any atom is -0.356 e. The molecule has 2 rings (SSSR count). The topological polar surface area (TPSA) is 55.1 Å². The number of nitrogens with two attached hydrogens (primary N) is 1. The zero-order valence-electron chi connectivity index (χ0n) is 9.14. The van der Waals surface area contributed by atoms with Crippen LogP contribution in [0.25, 0.3) is 0 Å². The predicted octanol–water partition coefficient (Wildman–Crippen LogP) is 3.73. The molecular weight excluding hydrogens is 236 g/mol. The molecular formula is C13H13ClN2O. The number of hydrogen-bond donors (Lipinski definition) is 2. The Kier molecular flexibility index (Phi) is 5.61. The highest BCUT2D eigenvalue weighted by Crippen LogP contribution is 2.14. The normalized spacial score (nSPS) is 8.76. The van der Waals surface area contributed by atoms with E-state index in [0.717, 1.165) is 11.4 Å². The molecule has 0 aliphatic carbocycles. The van der Waals surface area contributed by atoms with Crippen LogP contribution in [0.2, 0.25) is 0 Å². The Labute approximate surface area is 105 Å². The number of hydrogen-bond acceptors (Lipinski definition) is 2. The van der Waals surface area contributed by atoms with Crippen LogP contribution in [0.4, 0.5) is 16.2 Å². The van der Waals surface area contributed by atoms with Crippen molar-refractivity contribution in [3.8, 4) is 0 Å². The molecule has 0 radical (unpaired) electrons. The van der Waals surface area contributed by atoms with E-state index in [1.54, 1.807) is 0 Å². The second-order valence-electron chi connectivity index (χ2n) is 3.16. The fraction of sp³-hybridized carbons (Fsp3) is 0. The monoisotopic (exact) mass is 248 g/mol. The van der Waals surface area contributed by atoms with E-state index in [-0.39, 0.29) is 0 Å². The Morgan fingerprint density at radius 3 is 1.47 bits per heavy atom. The van der Waals surface area contributed by atoms with Crippen LogP contribution in [0.15, 0.2) is 60.7 Å². The molecule has 0 heterocycles. The smallest absolute Gasteiger partial charge is 0.311 e. The first-order chi connectivity index (χ1) is 8.18. The Morgan fingerprint density at radius 1 is 0.882 bits per heavy atom. The minimum atomic E-state index is -0.861. The van der Waals surface area contributed by atoms with E-state index in [0.29, 0.717) is 0 Å². The summed E-state index contributed by atoms with van der Waals surface area (Å²) < 4.78 is 0. The number of amides is 1. The molecule has 0 aliphatic rings. The van der Waals surface area contributed by atoms with Gasteiger partial charge in [0.05, 0.1) is 0 Å². The summed E-state index contributed by atoms with van der Waals surface area (Å²) in [5, 5.41) is 2.44. The summed E-state index contributed by atoms with van der Waals surface area (Å²) in [7, 11) is 0. The highest BCUT2D eigenvalue weighted by atomic mass is 35.5. The molecule has 0 aliphatic heterocycles. The summed E-state index contributed by atoms with van der Waals surface area (Å²) in [4.78, 5) is 8.99. The van der Waals surface area contributed by atoms with Crippen LogP contribution < -0.4 is 11.1 Å². The molecule has 0 aromatic heterocycles.